The summed E-state index contributed by atoms with van der Waals surface area (Å²) in [5.74, 6) is -0.443. The Morgan fingerprint density at radius 2 is 1.68 bits per heavy atom. The lowest BCUT2D eigenvalue weighted by Crippen LogP contribution is -2.52. The van der Waals surface area contributed by atoms with Gasteiger partial charge < -0.3 is 15.0 Å². The van der Waals surface area contributed by atoms with Gasteiger partial charge in [0.2, 0.25) is 11.8 Å². The molecule has 11 heteroatoms. The van der Waals surface area contributed by atoms with E-state index in [1.165, 1.54) is 24.1 Å². The van der Waals surface area contributed by atoms with Crippen molar-refractivity contribution in [3.8, 4) is 5.75 Å². The molecule has 41 heavy (non-hydrogen) atoms. The predicted octanol–water partition coefficient (Wildman–Crippen LogP) is 5.92. The molecule has 1 N–H and O–H groups in total. The summed E-state index contributed by atoms with van der Waals surface area (Å²) in [5.41, 5.74) is 0.892. The van der Waals surface area contributed by atoms with E-state index in [-0.39, 0.29) is 23.0 Å². The second kappa shape index (κ2) is 15.1. The normalized spacial score (nSPS) is 11.9. The third-order valence-corrected chi connectivity index (χ3v) is 9.03. The Balaban J connectivity index is 2.05. The fraction of sp³-hybridized carbons (Fsp3) is 0.333. The SMILES string of the molecule is CCCCNC(=O)[C@H](CC)N(Cc1ccc(Cl)c(Cl)c1)C(=O)CN(c1cccc(OC)c1)S(=O)(=O)c1ccccc1. The van der Waals surface area contributed by atoms with Gasteiger partial charge in [-0.1, -0.05) is 73.8 Å². The van der Waals surface area contributed by atoms with Crippen LogP contribution in [0.4, 0.5) is 5.69 Å². The summed E-state index contributed by atoms with van der Waals surface area (Å²) >= 11 is 12.3. The number of hydrogen-bond donors (Lipinski definition) is 1. The number of nitrogens with zero attached hydrogens (tertiary/aromatic N) is 2. The smallest absolute Gasteiger partial charge is 0.264 e. The highest BCUT2D eigenvalue weighted by Gasteiger charge is 2.33. The number of sulfonamides is 1. The molecule has 8 nitrogen and oxygen atoms in total. The average Bonchev–Trinajstić information content (AvgIpc) is 2.98. The van der Waals surface area contributed by atoms with Crippen molar-refractivity contribution in [2.75, 3.05) is 24.5 Å². The van der Waals surface area contributed by atoms with Crippen molar-refractivity contribution in [2.45, 2.75) is 50.6 Å². The Morgan fingerprint density at radius 1 is 0.951 bits per heavy atom. The highest BCUT2D eigenvalue weighted by Crippen LogP contribution is 2.28. The second-order valence-corrected chi connectivity index (χ2v) is 12.0. The molecule has 3 aromatic carbocycles. The molecule has 0 aliphatic heterocycles. The van der Waals surface area contributed by atoms with Crippen LogP contribution in [0.5, 0.6) is 5.75 Å². The Kier molecular flexibility index (Phi) is 11.9. The van der Waals surface area contributed by atoms with Crippen LogP contribution < -0.4 is 14.4 Å². The lowest BCUT2D eigenvalue weighted by atomic mass is 10.1. The van der Waals surface area contributed by atoms with E-state index in [0.717, 1.165) is 17.1 Å². The van der Waals surface area contributed by atoms with Crippen molar-refractivity contribution in [3.05, 3.63) is 88.4 Å². The van der Waals surface area contributed by atoms with Crippen LogP contribution in [0, 0.1) is 0 Å². The van der Waals surface area contributed by atoms with Crippen molar-refractivity contribution in [2.24, 2.45) is 0 Å². The molecule has 0 saturated carbocycles. The number of anilines is 1. The Bertz CT molecular complexity index is 1440. The third-order valence-electron chi connectivity index (χ3n) is 6.50. The summed E-state index contributed by atoms with van der Waals surface area (Å²) in [6, 6.07) is 18.5. The highest BCUT2D eigenvalue weighted by atomic mass is 35.5. The molecule has 0 heterocycles. The standard InChI is InChI=1S/C30H35Cl2N3O5S/c1-4-6-17-33-30(37)28(5-2)34(20-22-15-16-26(31)27(32)18-22)29(36)21-35(23-11-10-12-24(19-23)40-3)41(38,39)25-13-8-7-9-14-25/h7-16,18-19,28H,4-6,17,20-21H2,1-3H3,(H,33,37)/t28-/m0/s1. The quantitative estimate of drug-likeness (QED) is 0.226. The molecule has 0 aromatic heterocycles. The number of hydrogen-bond acceptors (Lipinski definition) is 5. The van der Waals surface area contributed by atoms with Crippen molar-refractivity contribution in [1.29, 1.82) is 0 Å². The maximum atomic E-state index is 14.1. The van der Waals surface area contributed by atoms with Crippen molar-refractivity contribution in [3.63, 3.8) is 0 Å². The first-order valence-electron chi connectivity index (χ1n) is 13.3. The van der Waals surface area contributed by atoms with Crippen LogP contribution in [0.2, 0.25) is 10.0 Å². The van der Waals surface area contributed by atoms with Gasteiger partial charge in [-0.15, -0.1) is 0 Å². The van der Waals surface area contributed by atoms with Gasteiger partial charge in [0.1, 0.15) is 18.3 Å². The summed E-state index contributed by atoms with van der Waals surface area (Å²) in [6.07, 6.45) is 2.01. The van der Waals surface area contributed by atoms with Crippen LogP contribution in [0.15, 0.2) is 77.7 Å². The van der Waals surface area contributed by atoms with Gasteiger partial charge in [-0.2, -0.15) is 0 Å². The maximum Gasteiger partial charge on any atom is 0.264 e. The maximum absolute atomic E-state index is 14.1. The first kappa shape index (κ1) is 32.2. The third kappa shape index (κ3) is 8.38. The fourth-order valence-electron chi connectivity index (χ4n) is 4.27. The number of unbranched alkanes of at least 4 members (excludes halogenated alkanes) is 1. The van der Waals surface area contributed by atoms with E-state index in [2.05, 4.69) is 5.32 Å². The zero-order chi connectivity index (χ0) is 30.0. The Morgan fingerprint density at radius 3 is 2.32 bits per heavy atom. The number of methoxy groups -OCH3 is 1. The van der Waals surface area contributed by atoms with E-state index in [4.69, 9.17) is 27.9 Å². The lowest BCUT2D eigenvalue weighted by Gasteiger charge is -2.33. The Hall–Kier alpha value is -3.27. The zero-order valence-electron chi connectivity index (χ0n) is 23.3. The van der Waals surface area contributed by atoms with E-state index in [1.54, 1.807) is 67.6 Å². The van der Waals surface area contributed by atoms with Crippen LogP contribution in [0.3, 0.4) is 0 Å². The van der Waals surface area contributed by atoms with E-state index in [9.17, 15) is 18.0 Å². The van der Waals surface area contributed by atoms with E-state index >= 15 is 0 Å². The number of amides is 2. The minimum absolute atomic E-state index is 0.0206. The molecule has 0 bridgehead atoms. The number of rotatable bonds is 14. The predicted molar refractivity (Wildman–Crippen MR) is 163 cm³/mol. The van der Waals surface area contributed by atoms with Gasteiger partial charge in [0.15, 0.2) is 0 Å². The van der Waals surface area contributed by atoms with E-state index < -0.39 is 28.5 Å². The Labute approximate surface area is 252 Å². The highest BCUT2D eigenvalue weighted by molar-refractivity contribution is 7.92. The second-order valence-electron chi connectivity index (χ2n) is 9.36. The number of benzene rings is 3. The van der Waals surface area contributed by atoms with Crippen molar-refractivity contribution >= 4 is 50.7 Å². The van der Waals surface area contributed by atoms with Gasteiger partial charge >= 0.3 is 0 Å². The number of halogens is 2. The van der Waals surface area contributed by atoms with E-state index in [0.29, 0.717) is 34.3 Å². The van der Waals surface area contributed by atoms with Crippen LogP contribution in [-0.2, 0) is 26.2 Å². The van der Waals surface area contributed by atoms with Gasteiger partial charge in [-0.3, -0.25) is 13.9 Å². The van der Waals surface area contributed by atoms with Crippen LogP contribution in [-0.4, -0.2) is 51.4 Å². The first-order valence-corrected chi connectivity index (χ1v) is 15.5. The molecule has 0 saturated heterocycles. The van der Waals surface area contributed by atoms with Gasteiger partial charge in [0.25, 0.3) is 10.0 Å². The van der Waals surface area contributed by atoms with Crippen molar-refractivity contribution in [1.82, 2.24) is 10.2 Å². The summed E-state index contributed by atoms with van der Waals surface area (Å²) < 4.78 is 34.1. The van der Waals surface area contributed by atoms with Crippen LogP contribution >= 0.6 is 23.2 Å². The lowest BCUT2D eigenvalue weighted by molar-refractivity contribution is -0.140. The molecule has 3 rings (SSSR count). The summed E-state index contributed by atoms with van der Waals surface area (Å²) in [6.45, 7) is 3.76. The minimum Gasteiger partial charge on any atom is -0.497 e. The molecular weight excluding hydrogens is 585 g/mol. The summed E-state index contributed by atoms with van der Waals surface area (Å²) in [4.78, 5) is 28.8. The van der Waals surface area contributed by atoms with Gasteiger partial charge in [0, 0.05) is 19.2 Å². The topological polar surface area (TPSA) is 96.0 Å². The molecule has 0 radical (unpaired) electrons. The molecule has 0 aliphatic carbocycles. The van der Waals surface area contributed by atoms with Gasteiger partial charge in [-0.05, 0) is 54.8 Å². The molecule has 0 fully saturated rings. The first-order chi connectivity index (χ1) is 19.6. The monoisotopic (exact) mass is 619 g/mol. The number of nitrogens with one attached hydrogen (secondary N) is 1. The van der Waals surface area contributed by atoms with E-state index in [1.807, 2.05) is 6.92 Å². The minimum atomic E-state index is -4.17. The molecule has 0 spiro atoms. The number of ether oxygens (including phenoxy) is 1. The van der Waals surface area contributed by atoms with Crippen LogP contribution in [0.25, 0.3) is 0 Å². The summed E-state index contributed by atoms with van der Waals surface area (Å²) in [7, 11) is -2.70. The van der Waals surface area contributed by atoms with Gasteiger partial charge in [0.05, 0.1) is 27.7 Å². The summed E-state index contributed by atoms with van der Waals surface area (Å²) in [5, 5.41) is 3.57. The number of carbonyl (C=O) groups excluding carboxylic acids is 2. The molecule has 3 aromatic rings. The molecule has 0 unspecified atom stereocenters. The number of carbonyl (C=O) groups is 2. The zero-order valence-corrected chi connectivity index (χ0v) is 25.7. The average molecular weight is 621 g/mol. The molecule has 1 atom stereocenters. The van der Waals surface area contributed by atoms with Crippen molar-refractivity contribution < 1.29 is 22.7 Å². The fourth-order valence-corrected chi connectivity index (χ4v) is 6.02. The van der Waals surface area contributed by atoms with Crippen LogP contribution in [0.1, 0.15) is 38.7 Å². The molecule has 2 amide bonds. The molecule has 220 valence electrons. The molecule has 0 aliphatic rings. The van der Waals surface area contributed by atoms with Gasteiger partial charge in [-0.25, -0.2) is 8.42 Å². The largest absolute Gasteiger partial charge is 0.497 e. The molecular formula is C30H35Cl2N3O5S.